The Morgan fingerprint density at radius 3 is 2.65 bits per heavy atom. The fourth-order valence-electron chi connectivity index (χ4n) is 3.57. The fraction of sp³-hybridized carbons (Fsp3) is 0.292. The van der Waals surface area contributed by atoms with Crippen LogP contribution in [0.5, 0.6) is 5.75 Å². The zero-order valence-electron chi connectivity index (χ0n) is 18.3. The monoisotopic (exact) mass is 422 g/mol. The maximum absolute atomic E-state index is 12.7. The standard InChI is InChI=1S/C24H27N3O4/c1-5-31-24(29)23-16(2)19-11-6-7-12-20(19)26-21(23)14-27(3)15-22(28)25-17-9-8-10-18(13-17)30-4/h6-13H,5,14-15H2,1-4H3,(H,25,28)/p+1. The van der Waals surface area contributed by atoms with Crippen molar-refractivity contribution in [3.8, 4) is 5.75 Å². The minimum absolute atomic E-state index is 0.138. The third-order valence-electron chi connectivity index (χ3n) is 4.99. The number of methoxy groups -OCH3 is 1. The van der Waals surface area contributed by atoms with E-state index in [0.29, 0.717) is 29.2 Å². The number of hydrogen-bond acceptors (Lipinski definition) is 5. The Balaban J connectivity index is 1.80. The Bertz CT molecular complexity index is 1100. The van der Waals surface area contributed by atoms with Crippen molar-refractivity contribution in [2.45, 2.75) is 20.4 Å². The summed E-state index contributed by atoms with van der Waals surface area (Å²) in [6.45, 7) is 4.60. The number of hydrogen-bond donors (Lipinski definition) is 2. The normalized spacial score (nSPS) is 11.7. The molecule has 2 aromatic carbocycles. The molecular weight excluding hydrogens is 394 g/mol. The number of carbonyl (C=O) groups is 2. The highest BCUT2D eigenvalue weighted by Gasteiger charge is 2.23. The number of aryl methyl sites for hydroxylation is 1. The summed E-state index contributed by atoms with van der Waals surface area (Å²) in [7, 11) is 3.48. The lowest BCUT2D eigenvalue weighted by atomic mass is 10.0. The van der Waals surface area contributed by atoms with Crippen molar-refractivity contribution in [1.29, 1.82) is 0 Å². The smallest absolute Gasteiger partial charge is 0.340 e. The number of quaternary nitrogens is 1. The number of ether oxygens (including phenoxy) is 2. The summed E-state index contributed by atoms with van der Waals surface area (Å²) in [4.78, 5) is 30.8. The van der Waals surface area contributed by atoms with E-state index in [9.17, 15) is 9.59 Å². The molecule has 0 radical (unpaired) electrons. The van der Waals surface area contributed by atoms with Gasteiger partial charge in [0.1, 0.15) is 18.0 Å². The van der Waals surface area contributed by atoms with Gasteiger partial charge in [0.25, 0.3) is 5.91 Å². The number of pyridine rings is 1. The van der Waals surface area contributed by atoms with Gasteiger partial charge < -0.3 is 19.7 Å². The molecule has 3 rings (SSSR count). The van der Waals surface area contributed by atoms with E-state index < -0.39 is 0 Å². The van der Waals surface area contributed by atoms with Crippen molar-refractivity contribution < 1.29 is 24.0 Å². The molecule has 0 aliphatic heterocycles. The maximum atomic E-state index is 12.7. The first kappa shape index (κ1) is 22.2. The molecule has 0 fully saturated rings. The summed E-state index contributed by atoms with van der Waals surface area (Å²) in [5.74, 6) is 0.149. The average Bonchev–Trinajstić information content (AvgIpc) is 2.74. The summed E-state index contributed by atoms with van der Waals surface area (Å²) >= 11 is 0. The van der Waals surface area contributed by atoms with Crippen molar-refractivity contribution >= 4 is 28.5 Å². The predicted octanol–water partition coefficient (Wildman–Crippen LogP) is 2.38. The number of anilines is 1. The number of fused-ring (bicyclic) bond motifs is 1. The van der Waals surface area contributed by atoms with Crippen LogP contribution in [0.4, 0.5) is 5.69 Å². The molecule has 7 heteroatoms. The number of likely N-dealkylation sites (N-methyl/N-ethyl adjacent to an activating group) is 1. The Morgan fingerprint density at radius 1 is 1.13 bits per heavy atom. The zero-order valence-corrected chi connectivity index (χ0v) is 18.3. The summed E-state index contributed by atoms with van der Waals surface area (Å²) in [6.07, 6.45) is 0. The van der Waals surface area contributed by atoms with Crippen LogP contribution in [-0.4, -0.2) is 44.2 Å². The van der Waals surface area contributed by atoms with Crippen molar-refractivity contribution in [2.24, 2.45) is 0 Å². The van der Waals surface area contributed by atoms with Gasteiger partial charge in [-0.25, -0.2) is 9.78 Å². The van der Waals surface area contributed by atoms with Gasteiger partial charge >= 0.3 is 5.97 Å². The van der Waals surface area contributed by atoms with E-state index in [0.717, 1.165) is 21.4 Å². The molecule has 7 nitrogen and oxygen atoms in total. The van der Waals surface area contributed by atoms with E-state index in [1.165, 1.54) is 0 Å². The van der Waals surface area contributed by atoms with Crippen LogP contribution in [0.1, 0.15) is 28.5 Å². The second kappa shape index (κ2) is 10.0. The minimum atomic E-state index is -0.387. The molecule has 1 unspecified atom stereocenters. The highest BCUT2D eigenvalue weighted by atomic mass is 16.5. The topological polar surface area (TPSA) is 82.0 Å². The number of carbonyl (C=O) groups excluding carboxylic acids is 2. The average molecular weight is 423 g/mol. The number of aromatic nitrogens is 1. The molecule has 162 valence electrons. The van der Waals surface area contributed by atoms with E-state index in [2.05, 4.69) is 5.32 Å². The molecule has 2 N–H and O–H groups in total. The van der Waals surface area contributed by atoms with Gasteiger partial charge in [-0.3, -0.25) is 4.79 Å². The lowest BCUT2D eigenvalue weighted by Gasteiger charge is -2.17. The number of esters is 1. The van der Waals surface area contributed by atoms with E-state index >= 15 is 0 Å². The van der Waals surface area contributed by atoms with Crippen LogP contribution in [0.3, 0.4) is 0 Å². The summed E-state index contributed by atoms with van der Waals surface area (Å²) in [5, 5.41) is 3.80. The van der Waals surface area contributed by atoms with Crippen LogP contribution in [-0.2, 0) is 16.1 Å². The predicted molar refractivity (Wildman–Crippen MR) is 120 cm³/mol. The maximum Gasteiger partial charge on any atom is 0.340 e. The molecule has 1 heterocycles. The molecule has 31 heavy (non-hydrogen) atoms. The first-order valence-electron chi connectivity index (χ1n) is 10.2. The number of para-hydroxylation sites is 1. The fourth-order valence-corrected chi connectivity index (χ4v) is 3.57. The SMILES string of the molecule is CCOC(=O)c1c(C[NH+](C)CC(=O)Nc2cccc(OC)c2)nc2ccccc2c1C. The second-order valence-corrected chi connectivity index (χ2v) is 7.39. The lowest BCUT2D eigenvalue weighted by Crippen LogP contribution is -3.08. The Labute approximate surface area is 182 Å². The third kappa shape index (κ3) is 5.38. The summed E-state index contributed by atoms with van der Waals surface area (Å²) < 4.78 is 10.5. The summed E-state index contributed by atoms with van der Waals surface area (Å²) in [6, 6.07) is 14.9. The summed E-state index contributed by atoms with van der Waals surface area (Å²) in [5.41, 5.74) is 3.43. The molecular formula is C24H28N3O4+. The lowest BCUT2D eigenvalue weighted by molar-refractivity contribution is -0.885. The number of amides is 1. The van der Waals surface area contributed by atoms with Crippen LogP contribution >= 0.6 is 0 Å². The molecule has 0 spiro atoms. The number of rotatable bonds is 8. The van der Waals surface area contributed by atoms with Gasteiger partial charge in [0.15, 0.2) is 6.54 Å². The molecule has 1 atom stereocenters. The number of nitrogens with one attached hydrogen (secondary N) is 2. The molecule has 0 aliphatic carbocycles. The first-order chi connectivity index (χ1) is 14.9. The van der Waals surface area contributed by atoms with Gasteiger partial charge in [-0.05, 0) is 37.6 Å². The van der Waals surface area contributed by atoms with Gasteiger partial charge in [0.05, 0.1) is 31.8 Å². The Kier molecular flexibility index (Phi) is 7.20. The van der Waals surface area contributed by atoms with Crippen molar-refractivity contribution in [1.82, 2.24) is 4.98 Å². The van der Waals surface area contributed by atoms with Crippen LogP contribution in [0.15, 0.2) is 48.5 Å². The van der Waals surface area contributed by atoms with Gasteiger partial charge in [0, 0.05) is 17.1 Å². The zero-order chi connectivity index (χ0) is 22.4. The van der Waals surface area contributed by atoms with Crippen LogP contribution < -0.4 is 15.0 Å². The van der Waals surface area contributed by atoms with Crippen LogP contribution in [0, 0.1) is 6.92 Å². The number of nitrogens with zero attached hydrogens (tertiary/aromatic N) is 1. The van der Waals surface area contributed by atoms with Crippen LogP contribution in [0.25, 0.3) is 10.9 Å². The molecule has 0 aliphatic rings. The highest BCUT2D eigenvalue weighted by molar-refractivity contribution is 5.98. The molecule has 0 saturated heterocycles. The molecule has 3 aromatic rings. The quantitative estimate of drug-likeness (QED) is 0.545. The largest absolute Gasteiger partial charge is 0.497 e. The highest BCUT2D eigenvalue weighted by Crippen LogP contribution is 2.23. The Hall–Kier alpha value is -3.45. The molecule has 1 amide bonds. The first-order valence-corrected chi connectivity index (χ1v) is 10.2. The van der Waals surface area contributed by atoms with Crippen molar-refractivity contribution in [2.75, 3.05) is 32.6 Å². The molecule has 0 saturated carbocycles. The van der Waals surface area contributed by atoms with Gasteiger partial charge in [-0.15, -0.1) is 0 Å². The van der Waals surface area contributed by atoms with Gasteiger partial charge in [0.2, 0.25) is 0 Å². The second-order valence-electron chi connectivity index (χ2n) is 7.39. The van der Waals surface area contributed by atoms with Gasteiger partial charge in [-0.1, -0.05) is 24.3 Å². The van der Waals surface area contributed by atoms with E-state index in [-0.39, 0.29) is 25.0 Å². The molecule has 0 bridgehead atoms. The Morgan fingerprint density at radius 2 is 1.90 bits per heavy atom. The van der Waals surface area contributed by atoms with E-state index in [4.69, 9.17) is 14.5 Å². The third-order valence-corrected chi connectivity index (χ3v) is 4.99. The van der Waals surface area contributed by atoms with Crippen LogP contribution in [0.2, 0.25) is 0 Å². The van der Waals surface area contributed by atoms with Gasteiger partial charge in [-0.2, -0.15) is 0 Å². The minimum Gasteiger partial charge on any atom is -0.497 e. The molecule has 1 aromatic heterocycles. The van der Waals surface area contributed by atoms with E-state index in [1.54, 1.807) is 20.1 Å². The number of benzene rings is 2. The van der Waals surface area contributed by atoms with Crippen molar-refractivity contribution in [3.05, 3.63) is 65.4 Å². The van der Waals surface area contributed by atoms with Crippen molar-refractivity contribution in [3.63, 3.8) is 0 Å². The van der Waals surface area contributed by atoms with E-state index in [1.807, 2.05) is 56.4 Å².